The number of carbonyl (C=O) groups is 2. The van der Waals surface area contributed by atoms with E-state index in [4.69, 9.17) is 0 Å². The van der Waals surface area contributed by atoms with Crippen LogP contribution in [0.1, 0.15) is 50.1 Å². The number of amides is 2. The van der Waals surface area contributed by atoms with Crippen molar-refractivity contribution in [1.82, 2.24) is 5.32 Å². The summed E-state index contributed by atoms with van der Waals surface area (Å²) in [6.45, 7) is 8.90. The van der Waals surface area contributed by atoms with Crippen molar-refractivity contribution in [2.75, 3.05) is 25.0 Å². The molecule has 0 fully saturated rings. The Morgan fingerprint density at radius 1 is 1.24 bits per heavy atom. The molecule has 0 aromatic carbocycles. The van der Waals surface area contributed by atoms with E-state index < -0.39 is 0 Å². The third-order valence-electron chi connectivity index (χ3n) is 4.12. The first kappa shape index (κ1) is 19.4. The molecule has 1 atom stereocenters. The second kappa shape index (κ2) is 7.98. The van der Waals surface area contributed by atoms with Gasteiger partial charge in [0.1, 0.15) is 11.1 Å². The van der Waals surface area contributed by atoms with E-state index in [0.29, 0.717) is 17.1 Å². The number of likely N-dealkylation sites (N-methyl/N-ethyl adjacent to an activating group) is 1. The van der Waals surface area contributed by atoms with Crippen LogP contribution in [0.15, 0.2) is 0 Å². The molecule has 0 saturated carbocycles. The molecule has 7 heteroatoms. The SMILES string of the molecule is CC[NH+](CC(=O)Nc1sc2c(c1C#N)CCC2)CC(=O)NC(C)(C)C. The minimum Gasteiger partial charge on any atom is -0.347 e. The molecule has 1 aromatic rings. The number of carbonyl (C=O) groups excluding carboxylic acids is 2. The summed E-state index contributed by atoms with van der Waals surface area (Å²) in [6.07, 6.45) is 2.99. The Morgan fingerprint density at radius 3 is 2.52 bits per heavy atom. The fourth-order valence-corrected chi connectivity index (χ4v) is 4.27. The number of nitrogens with zero attached hydrogens (tertiary/aromatic N) is 1. The lowest BCUT2D eigenvalue weighted by atomic mass is 10.1. The molecule has 0 bridgehead atoms. The number of aryl methyl sites for hydroxylation is 1. The normalized spacial score (nSPS) is 14.5. The van der Waals surface area contributed by atoms with E-state index in [1.807, 2.05) is 27.7 Å². The fourth-order valence-electron chi connectivity index (χ4n) is 3.01. The summed E-state index contributed by atoms with van der Waals surface area (Å²) < 4.78 is 0. The largest absolute Gasteiger partial charge is 0.347 e. The van der Waals surface area contributed by atoms with Gasteiger partial charge in [0.05, 0.1) is 12.1 Å². The quantitative estimate of drug-likeness (QED) is 0.701. The number of nitriles is 1. The van der Waals surface area contributed by atoms with E-state index in [0.717, 1.165) is 29.7 Å². The molecular weight excluding hydrogens is 336 g/mol. The van der Waals surface area contributed by atoms with E-state index in [1.165, 1.54) is 16.2 Å². The monoisotopic (exact) mass is 363 g/mol. The van der Waals surface area contributed by atoms with Crippen LogP contribution in [0, 0.1) is 11.3 Å². The zero-order valence-corrected chi connectivity index (χ0v) is 16.2. The summed E-state index contributed by atoms with van der Waals surface area (Å²) in [6, 6.07) is 2.23. The predicted octanol–water partition coefficient (Wildman–Crippen LogP) is 0.866. The second-order valence-corrected chi connectivity index (χ2v) is 8.58. The summed E-state index contributed by atoms with van der Waals surface area (Å²) in [7, 11) is 0. The highest BCUT2D eigenvalue weighted by Gasteiger charge is 2.25. The highest BCUT2D eigenvalue weighted by molar-refractivity contribution is 7.16. The summed E-state index contributed by atoms with van der Waals surface area (Å²) >= 11 is 1.52. The van der Waals surface area contributed by atoms with Crippen LogP contribution >= 0.6 is 11.3 Å². The minimum absolute atomic E-state index is 0.0648. The van der Waals surface area contributed by atoms with Gasteiger partial charge in [0.2, 0.25) is 0 Å². The van der Waals surface area contributed by atoms with Crippen LogP contribution in [0.3, 0.4) is 0 Å². The molecule has 1 aromatic heterocycles. The van der Waals surface area contributed by atoms with Crippen molar-refractivity contribution in [2.24, 2.45) is 0 Å². The van der Waals surface area contributed by atoms with Crippen LogP contribution in [0.5, 0.6) is 0 Å². The van der Waals surface area contributed by atoms with Gasteiger partial charge in [-0.1, -0.05) is 0 Å². The molecule has 0 aliphatic heterocycles. The van der Waals surface area contributed by atoms with E-state index in [1.54, 1.807) is 0 Å². The lowest BCUT2D eigenvalue weighted by molar-refractivity contribution is -0.881. The summed E-state index contributed by atoms with van der Waals surface area (Å²) in [5.41, 5.74) is 1.44. The average molecular weight is 364 g/mol. The number of quaternary nitrogens is 1. The van der Waals surface area contributed by atoms with Crippen LogP contribution in [-0.4, -0.2) is 37.0 Å². The Balaban J connectivity index is 1.95. The molecule has 3 N–H and O–H groups in total. The first-order chi connectivity index (χ1) is 11.7. The van der Waals surface area contributed by atoms with Gasteiger partial charge >= 0.3 is 0 Å². The number of rotatable bonds is 6. The molecule has 1 aliphatic rings. The molecular formula is C18H27N4O2S+. The third-order valence-corrected chi connectivity index (χ3v) is 5.33. The number of nitrogens with one attached hydrogen (secondary N) is 3. The van der Waals surface area contributed by atoms with Gasteiger partial charge in [-0.3, -0.25) is 9.59 Å². The van der Waals surface area contributed by atoms with Gasteiger partial charge in [0.25, 0.3) is 11.8 Å². The molecule has 25 heavy (non-hydrogen) atoms. The van der Waals surface area contributed by atoms with Gasteiger partial charge in [0, 0.05) is 10.4 Å². The second-order valence-electron chi connectivity index (χ2n) is 7.48. The Labute approximate surface area is 153 Å². The molecule has 0 radical (unpaired) electrons. The maximum atomic E-state index is 12.4. The summed E-state index contributed by atoms with van der Waals surface area (Å²) in [4.78, 5) is 26.5. The maximum absolute atomic E-state index is 12.4. The Bertz CT molecular complexity index is 697. The van der Waals surface area contributed by atoms with Crippen molar-refractivity contribution in [3.05, 3.63) is 16.0 Å². The number of thiophene rings is 1. The number of fused-ring (bicyclic) bond motifs is 1. The van der Waals surface area contributed by atoms with Crippen molar-refractivity contribution in [3.63, 3.8) is 0 Å². The van der Waals surface area contributed by atoms with E-state index >= 15 is 0 Å². The molecule has 1 aliphatic carbocycles. The van der Waals surface area contributed by atoms with Crippen molar-refractivity contribution < 1.29 is 14.5 Å². The van der Waals surface area contributed by atoms with Gasteiger partial charge in [-0.2, -0.15) is 5.26 Å². The minimum atomic E-state index is -0.280. The van der Waals surface area contributed by atoms with E-state index in [2.05, 4.69) is 16.7 Å². The lowest BCUT2D eigenvalue weighted by Crippen LogP contribution is -3.14. The highest BCUT2D eigenvalue weighted by atomic mass is 32.1. The highest BCUT2D eigenvalue weighted by Crippen LogP contribution is 2.38. The van der Waals surface area contributed by atoms with Crippen LogP contribution in [-0.2, 0) is 22.4 Å². The predicted molar refractivity (Wildman–Crippen MR) is 98.8 cm³/mol. The van der Waals surface area contributed by atoms with Gasteiger partial charge < -0.3 is 15.5 Å². The Morgan fingerprint density at radius 2 is 1.92 bits per heavy atom. The van der Waals surface area contributed by atoms with E-state index in [9.17, 15) is 14.9 Å². The first-order valence-electron chi connectivity index (χ1n) is 8.72. The van der Waals surface area contributed by atoms with Crippen LogP contribution < -0.4 is 15.5 Å². The topological polar surface area (TPSA) is 86.4 Å². The molecule has 0 saturated heterocycles. The molecule has 2 amide bonds. The first-order valence-corrected chi connectivity index (χ1v) is 9.54. The van der Waals surface area contributed by atoms with Crippen LogP contribution in [0.2, 0.25) is 0 Å². The molecule has 1 unspecified atom stereocenters. The van der Waals surface area contributed by atoms with Crippen molar-refractivity contribution in [3.8, 4) is 6.07 Å². The van der Waals surface area contributed by atoms with Crippen LogP contribution in [0.25, 0.3) is 0 Å². The zero-order chi connectivity index (χ0) is 18.6. The zero-order valence-electron chi connectivity index (χ0n) is 15.4. The molecule has 1 heterocycles. The standard InChI is InChI=1S/C18H26N4O2S/c1-5-22(11-16(24)21-18(2,3)4)10-15(23)20-17-13(9-19)12-7-6-8-14(12)25-17/h5-8,10-11H2,1-4H3,(H,20,23)(H,21,24)/p+1. The molecule has 2 rings (SSSR count). The number of anilines is 1. The van der Waals surface area contributed by atoms with E-state index in [-0.39, 0.29) is 30.4 Å². The maximum Gasteiger partial charge on any atom is 0.280 e. The van der Waals surface area contributed by atoms with Crippen molar-refractivity contribution in [1.29, 1.82) is 5.26 Å². The number of hydrogen-bond acceptors (Lipinski definition) is 4. The van der Waals surface area contributed by atoms with Gasteiger partial charge in [0.15, 0.2) is 13.1 Å². The summed E-state index contributed by atoms with van der Waals surface area (Å²) in [5.74, 6) is -0.221. The average Bonchev–Trinajstić information content (AvgIpc) is 3.04. The number of hydrogen-bond donors (Lipinski definition) is 3. The smallest absolute Gasteiger partial charge is 0.280 e. The van der Waals surface area contributed by atoms with Gasteiger partial charge in [-0.15, -0.1) is 11.3 Å². The Hall–Kier alpha value is -1.91. The molecule has 0 spiro atoms. The fraction of sp³-hybridized carbons (Fsp3) is 0.611. The summed E-state index contributed by atoms with van der Waals surface area (Å²) in [5, 5.41) is 15.8. The van der Waals surface area contributed by atoms with Gasteiger partial charge in [-0.25, -0.2) is 0 Å². The van der Waals surface area contributed by atoms with Gasteiger partial charge in [-0.05, 0) is 52.5 Å². The van der Waals surface area contributed by atoms with Crippen molar-refractivity contribution >= 4 is 28.2 Å². The van der Waals surface area contributed by atoms with Crippen molar-refractivity contribution in [2.45, 2.75) is 52.5 Å². The Kier molecular flexibility index (Phi) is 6.20. The lowest BCUT2D eigenvalue weighted by Gasteiger charge is -2.22. The third kappa shape index (κ3) is 5.28. The molecule has 6 nitrogen and oxygen atoms in total. The van der Waals surface area contributed by atoms with Crippen LogP contribution in [0.4, 0.5) is 5.00 Å². The molecule has 136 valence electrons.